The van der Waals surface area contributed by atoms with Gasteiger partial charge < -0.3 is 11.1 Å². The van der Waals surface area contributed by atoms with Crippen molar-refractivity contribution in [3.8, 4) is 0 Å². The minimum atomic E-state index is -3.50. The summed E-state index contributed by atoms with van der Waals surface area (Å²) in [7, 11) is -3.50. The number of hydrogen-bond acceptors (Lipinski definition) is 4. The second kappa shape index (κ2) is 7.44. The molecular weight excluding hydrogens is 397 g/mol. The minimum absolute atomic E-state index is 0.175. The third-order valence-corrected chi connectivity index (χ3v) is 6.69. The largest absolute Gasteiger partial charge is 0.396 e. The van der Waals surface area contributed by atoms with Crippen molar-refractivity contribution in [2.75, 3.05) is 24.1 Å². The van der Waals surface area contributed by atoms with Gasteiger partial charge in [0.05, 0.1) is 20.6 Å². The highest BCUT2D eigenvalue weighted by Crippen LogP contribution is 2.31. The average Bonchev–Trinajstić information content (AvgIpc) is 3.15. The van der Waals surface area contributed by atoms with E-state index in [1.54, 1.807) is 0 Å². The molecule has 0 aliphatic carbocycles. The highest BCUT2D eigenvalue weighted by molar-refractivity contribution is 7.89. The SMILES string of the molecule is Nc1c(Cl)cc(NC(=O)c2ccc(S(=O)(=O)N3CCCC3)cc2)cc1Cl. The minimum Gasteiger partial charge on any atom is -0.396 e. The zero-order valence-electron chi connectivity index (χ0n) is 13.7. The molecule has 1 amide bonds. The Morgan fingerprint density at radius 3 is 2.12 bits per heavy atom. The van der Waals surface area contributed by atoms with Crippen LogP contribution in [0, 0.1) is 0 Å². The molecule has 3 N–H and O–H groups in total. The maximum atomic E-state index is 12.5. The number of amides is 1. The second-order valence-corrected chi connectivity index (χ2v) is 8.70. The number of halogens is 2. The predicted molar refractivity (Wildman–Crippen MR) is 103 cm³/mol. The molecule has 0 spiro atoms. The number of hydrogen-bond donors (Lipinski definition) is 2. The molecule has 0 atom stereocenters. The van der Waals surface area contributed by atoms with Gasteiger partial charge in [-0.05, 0) is 49.2 Å². The number of sulfonamides is 1. The Labute approximate surface area is 161 Å². The van der Waals surface area contributed by atoms with Crippen molar-refractivity contribution in [3.05, 3.63) is 52.0 Å². The van der Waals surface area contributed by atoms with Crippen LogP contribution in [0.3, 0.4) is 0 Å². The van der Waals surface area contributed by atoms with Crippen LogP contribution in [0.25, 0.3) is 0 Å². The highest BCUT2D eigenvalue weighted by atomic mass is 35.5. The Balaban J connectivity index is 1.77. The number of rotatable bonds is 4. The van der Waals surface area contributed by atoms with E-state index in [4.69, 9.17) is 28.9 Å². The fraction of sp³-hybridized carbons (Fsp3) is 0.235. The molecule has 1 heterocycles. The molecule has 0 bridgehead atoms. The normalized spacial score (nSPS) is 15.2. The van der Waals surface area contributed by atoms with Crippen molar-refractivity contribution in [1.29, 1.82) is 0 Å². The molecule has 0 unspecified atom stereocenters. The molecule has 1 aliphatic rings. The first kappa shape index (κ1) is 19.0. The molecule has 3 rings (SSSR count). The van der Waals surface area contributed by atoms with E-state index < -0.39 is 15.9 Å². The van der Waals surface area contributed by atoms with E-state index in [9.17, 15) is 13.2 Å². The van der Waals surface area contributed by atoms with Crippen LogP contribution in [-0.4, -0.2) is 31.7 Å². The third kappa shape index (κ3) is 3.81. The zero-order chi connectivity index (χ0) is 18.9. The quantitative estimate of drug-likeness (QED) is 0.748. The van der Waals surface area contributed by atoms with Gasteiger partial charge >= 0.3 is 0 Å². The highest BCUT2D eigenvalue weighted by Gasteiger charge is 2.27. The van der Waals surface area contributed by atoms with Gasteiger partial charge in [-0.3, -0.25) is 4.79 Å². The van der Waals surface area contributed by atoms with E-state index in [0.717, 1.165) is 12.8 Å². The number of benzene rings is 2. The lowest BCUT2D eigenvalue weighted by Gasteiger charge is -2.15. The lowest BCUT2D eigenvalue weighted by molar-refractivity contribution is 0.102. The van der Waals surface area contributed by atoms with E-state index in [0.29, 0.717) is 24.3 Å². The summed E-state index contributed by atoms with van der Waals surface area (Å²) in [5, 5.41) is 3.13. The van der Waals surface area contributed by atoms with Gasteiger partial charge in [-0.1, -0.05) is 23.2 Å². The van der Waals surface area contributed by atoms with Gasteiger partial charge in [0.2, 0.25) is 10.0 Å². The number of nitrogens with zero attached hydrogens (tertiary/aromatic N) is 1. The summed E-state index contributed by atoms with van der Waals surface area (Å²) in [5.74, 6) is -0.410. The van der Waals surface area contributed by atoms with Crippen LogP contribution in [0.15, 0.2) is 41.3 Å². The maximum absolute atomic E-state index is 12.5. The Bertz CT molecular complexity index is 917. The average molecular weight is 414 g/mol. The fourth-order valence-electron chi connectivity index (χ4n) is 2.72. The van der Waals surface area contributed by atoms with E-state index in [-0.39, 0.29) is 20.6 Å². The molecule has 2 aromatic rings. The van der Waals surface area contributed by atoms with Gasteiger partial charge in [-0.2, -0.15) is 4.31 Å². The molecule has 0 saturated carbocycles. The Morgan fingerprint density at radius 2 is 1.58 bits per heavy atom. The monoisotopic (exact) mass is 413 g/mol. The van der Waals surface area contributed by atoms with Crippen LogP contribution < -0.4 is 11.1 Å². The Morgan fingerprint density at radius 1 is 1.04 bits per heavy atom. The number of anilines is 2. The number of nitrogens with two attached hydrogens (primary N) is 1. The van der Waals surface area contributed by atoms with Crippen molar-refractivity contribution < 1.29 is 13.2 Å². The topological polar surface area (TPSA) is 92.5 Å². The molecule has 1 fully saturated rings. The lowest BCUT2D eigenvalue weighted by Crippen LogP contribution is -2.27. The van der Waals surface area contributed by atoms with Gasteiger partial charge in [0.15, 0.2) is 0 Å². The zero-order valence-corrected chi connectivity index (χ0v) is 16.0. The summed E-state index contributed by atoms with van der Waals surface area (Å²) < 4.78 is 26.5. The third-order valence-electron chi connectivity index (χ3n) is 4.16. The first-order chi connectivity index (χ1) is 12.3. The fourth-order valence-corrected chi connectivity index (χ4v) is 4.72. The molecule has 2 aromatic carbocycles. The molecule has 26 heavy (non-hydrogen) atoms. The summed E-state index contributed by atoms with van der Waals surface area (Å²) in [4.78, 5) is 12.5. The Hall–Kier alpha value is -1.80. The number of carbonyl (C=O) groups excluding carboxylic acids is 1. The van der Waals surface area contributed by atoms with Crippen molar-refractivity contribution in [2.45, 2.75) is 17.7 Å². The van der Waals surface area contributed by atoms with Crippen LogP contribution in [0.1, 0.15) is 23.2 Å². The first-order valence-corrected chi connectivity index (χ1v) is 10.1. The smallest absolute Gasteiger partial charge is 0.255 e. The number of nitrogen functional groups attached to an aromatic ring is 1. The maximum Gasteiger partial charge on any atom is 0.255 e. The first-order valence-electron chi connectivity index (χ1n) is 7.95. The summed E-state index contributed by atoms with van der Waals surface area (Å²) in [6.45, 7) is 1.06. The van der Waals surface area contributed by atoms with E-state index >= 15 is 0 Å². The summed E-state index contributed by atoms with van der Waals surface area (Å²) in [6.07, 6.45) is 1.73. The van der Waals surface area contributed by atoms with Crippen LogP contribution in [-0.2, 0) is 10.0 Å². The molecule has 9 heteroatoms. The van der Waals surface area contributed by atoms with Crippen molar-refractivity contribution in [3.63, 3.8) is 0 Å². The van der Waals surface area contributed by atoms with Gasteiger partial charge in [0.25, 0.3) is 5.91 Å². The molecular formula is C17H17Cl2N3O3S. The molecule has 0 aromatic heterocycles. The molecule has 1 saturated heterocycles. The van der Waals surface area contributed by atoms with Gasteiger partial charge in [0, 0.05) is 24.3 Å². The van der Waals surface area contributed by atoms with Crippen LogP contribution in [0.2, 0.25) is 10.0 Å². The lowest BCUT2D eigenvalue weighted by atomic mass is 10.2. The molecule has 1 aliphatic heterocycles. The Kier molecular flexibility index (Phi) is 5.43. The second-order valence-electron chi connectivity index (χ2n) is 5.94. The van der Waals surface area contributed by atoms with E-state index in [1.165, 1.54) is 40.7 Å². The summed E-state index contributed by atoms with van der Waals surface area (Å²) in [5.41, 5.74) is 6.61. The summed E-state index contributed by atoms with van der Waals surface area (Å²) in [6, 6.07) is 8.80. The van der Waals surface area contributed by atoms with Crippen LogP contribution in [0.4, 0.5) is 11.4 Å². The van der Waals surface area contributed by atoms with Crippen molar-refractivity contribution >= 4 is 50.5 Å². The van der Waals surface area contributed by atoms with E-state index in [1.807, 2.05) is 0 Å². The van der Waals surface area contributed by atoms with E-state index in [2.05, 4.69) is 5.32 Å². The van der Waals surface area contributed by atoms with Gasteiger partial charge in [-0.25, -0.2) is 8.42 Å². The van der Waals surface area contributed by atoms with Crippen LogP contribution >= 0.6 is 23.2 Å². The van der Waals surface area contributed by atoms with Crippen molar-refractivity contribution in [1.82, 2.24) is 4.31 Å². The van der Waals surface area contributed by atoms with Crippen LogP contribution in [0.5, 0.6) is 0 Å². The standard InChI is InChI=1S/C17H17Cl2N3O3S/c18-14-9-12(10-15(19)16(14)20)21-17(23)11-3-5-13(6-4-11)26(24,25)22-7-1-2-8-22/h3-6,9-10H,1-2,7-8,20H2,(H,21,23). The molecule has 6 nitrogen and oxygen atoms in total. The van der Waals surface area contributed by atoms with Gasteiger partial charge in [0.1, 0.15) is 0 Å². The van der Waals surface area contributed by atoms with Crippen molar-refractivity contribution in [2.24, 2.45) is 0 Å². The number of nitrogens with one attached hydrogen (secondary N) is 1. The van der Waals surface area contributed by atoms with Gasteiger partial charge in [-0.15, -0.1) is 0 Å². The summed E-state index contributed by atoms with van der Waals surface area (Å²) >= 11 is 11.9. The molecule has 138 valence electrons. The number of carbonyl (C=O) groups is 1. The predicted octanol–water partition coefficient (Wildman–Crippen LogP) is 3.61. The molecule has 0 radical (unpaired) electrons.